The number of halogens is 1. The van der Waals surface area contributed by atoms with Gasteiger partial charge in [0.1, 0.15) is 12.4 Å². The average molecular weight is 225 g/mol. The first-order valence-corrected chi connectivity index (χ1v) is 4.57. The molecule has 0 aliphatic carbocycles. The van der Waals surface area contributed by atoms with Crippen LogP contribution in [-0.2, 0) is 11.2 Å². The minimum absolute atomic E-state index is 0.0604. The lowest BCUT2D eigenvalue weighted by molar-refractivity contribution is -0.136. The summed E-state index contributed by atoms with van der Waals surface area (Å²) in [6, 6.07) is 4.81. The standard InChI is InChI=1S/C11H9ClO3/c1-2-5-15-10-4-3-8(6-9(10)12)7-11(13)14/h1,3-4,6H,5,7H2,(H,13,14). The number of terminal acetylenes is 1. The number of hydrogen-bond acceptors (Lipinski definition) is 2. The van der Waals surface area contributed by atoms with Gasteiger partial charge in [-0.2, -0.15) is 0 Å². The molecule has 0 unspecified atom stereocenters. The molecular formula is C11H9ClO3. The molecule has 0 bridgehead atoms. The molecule has 0 aliphatic heterocycles. The number of aliphatic carboxylic acids is 1. The fourth-order valence-corrected chi connectivity index (χ4v) is 1.32. The topological polar surface area (TPSA) is 46.5 Å². The van der Waals surface area contributed by atoms with Gasteiger partial charge in [0.05, 0.1) is 11.4 Å². The molecule has 0 atom stereocenters. The van der Waals surface area contributed by atoms with Crippen molar-refractivity contribution in [2.24, 2.45) is 0 Å². The smallest absolute Gasteiger partial charge is 0.307 e. The lowest BCUT2D eigenvalue weighted by Gasteiger charge is -2.05. The molecule has 0 fully saturated rings. The van der Waals surface area contributed by atoms with Crippen LogP contribution in [0, 0.1) is 12.3 Å². The average Bonchev–Trinajstić information content (AvgIpc) is 2.15. The van der Waals surface area contributed by atoms with Crippen LogP contribution in [0.15, 0.2) is 18.2 Å². The highest BCUT2D eigenvalue weighted by molar-refractivity contribution is 6.32. The summed E-state index contributed by atoms with van der Waals surface area (Å²) in [5.74, 6) is 1.88. The van der Waals surface area contributed by atoms with Gasteiger partial charge in [-0.1, -0.05) is 23.6 Å². The van der Waals surface area contributed by atoms with Crippen molar-refractivity contribution >= 4 is 17.6 Å². The van der Waals surface area contributed by atoms with Crippen molar-refractivity contribution in [3.63, 3.8) is 0 Å². The first-order valence-electron chi connectivity index (χ1n) is 4.20. The van der Waals surface area contributed by atoms with Crippen molar-refractivity contribution < 1.29 is 14.6 Å². The fourth-order valence-electron chi connectivity index (χ4n) is 1.07. The molecule has 1 rings (SSSR count). The molecule has 0 aliphatic rings. The van der Waals surface area contributed by atoms with E-state index in [1.54, 1.807) is 18.2 Å². The molecular weight excluding hydrogens is 216 g/mol. The molecule has 1 aromatic rings. The second-order valence-electron chi connectivity index (χ2n) is 2.83. The Labute approximate surface area is 92.6 Å². The zero-order valence-corrected chi connectivity index (χ0v) is 8.62. The predicted octanol–water partition coefficient (Wildman–Crippen LogP) is 1.98. The van der Waals surface area contributed by atoms with Crippen molar-refractivity contribution in [2.45, 2.75) is 6.42 Å². The summed E-state index contributed by atoms with van der Waals surface area (Å²) in [5.41, 5.74) is 0.626. The van der Waals surface area contributed by atoms with Crippen LogP contribution in [0.4, 0.5) is 0 Å². The Kier molecular flexibility index (Phi) is 4.02. The maximum absolute atomic E-state index is 10.4. The number of ether oxygens (including phenoxy) is 1. The quantitative estimate of drug-likeness (QED) is 0.796. The Morgan fingerprint density at radius 2 is 2.33 bits per heavy atom. The van der Waals surface area contributed by atoms with Gasteiger partial charge in [0.2, 0.25) is 0 Å². The zero-order chi connectivity index (χ0) is 11.3. The first kappa shape index (κ1) is 11.4. The molecule has 0 saturated heterocycles. The minimum atomic E-state index is -0.900. The van der Waals surface area contributed by atoms with Crippen LogP contribution in [-0.4, -0.2) is 17.7 Å². The molecule has 78 valence electrons. The summed E-state index contributed by atoms with van der Waals surface area (Å²) < 4.78 is 5.13. The molecule has 1 aromatic carbocycles. The van der Waals surface area contributed by atoms with Gasteiger partial charge in [-0.05, 0) is 17.7 Å². The lowest BCUT2D eigenvalue weighted by Crippen LogP contribution is -2.00. The SMILES string of the molecule is C#CCOc1ccc(CC(=O)O)cc1Cl. The fraction of sp³-hybridized carbons (Fsp3) is 0.182. The van der Waals surface area contributed by atoms with Crippen LogP contribution in [0.25, 0.3) is 0 Å². The van der Waals surface area contributed by atoms with E-state index in [0.29, 0.717) is 16.3 Å². The lowest BCUT2D eigenvalue weighted by atomic mass is 10.1. The number of carboxylic acids is 1. The number of benzene rings is 1. The van der Waals surface area contributed by atoms with Crippen molar-refractivity contribution in [1.29, 1.82) is 0 Å². The number of rotatable bonds is 4. The van der Waals surface area contributed by atoms with Gasteiger partial charge in [0.15, 0.2) is 0 Å². The second kappa shape index (κ2) is 5.28. The Balaban J connectivity index is 2.79. The van der Waals surface area contributed by atoms with E-state index in [2.05, 4.69) is 5.92 Å². The Hall–Kier alpha value is -1.66. The van der Waals surface area contributed by atoms with Gasteiger partial charge < -0.3 is 9.84 Å². The maximum atomic E-state index is 10.4. The van der Waals surface area contributed by atoms with E-state index in [1.807, 2.05) is 0 Å². The van der Waals surface area contributed by atoms with E-state index in [9.17, 15) is 4.79 Å². The summed E-state index contributed by atoms with van der Waals surface area (Å²) in [5, 5.41) is 8.93. The molecule has 4 heteroatoms. The summed E-state index contributed by atoms with van der Waals surface area (Å²) in [6.07, 6.45) is 4.97. The van der Waals surface area contributed by atoms with Crippen LogP contribution in [0.3, 0.4) is 0 Å². The van der Waals surface area contributed by atoms with E-state index >= 15 is 0 Å². The van der Waals surface area contributed by atoms with E-state index in [4.69, 9.17) is 27.9 Å². The van der Waals surface area contributed by atoms with Crippen molar-refractivity contribution in [2.75, 3.05) is 6.61 Å². The van der Waals surface area contributed by atoms with Gasteiger partial charge in [-0.15, -0.1) is 6.42 Å². The highest BCUT2D eigenvalue weighted by Gasteiger charge is 2.05. The highest BCUT2D eigenvalue weighted by Crippen LogP contribution is 2.25. The molecule has 15 heavy (non-hydrogen) atoms. The van der Waals surface area contributed by atoms with Crippen LogP contribution in [0.5, 0.6) is 5.75 Å². The number of carboxylic acid groups (broad SMARTS) is 1. The largest absolute Gasteiger partial charge is 0.481 e. The molecule has 0 aromatic heterocycles. The van der Waals surface area contributed by atoms with Gasteiger partial charge in [0.25, 0.3) is 0 Å². The van der Waals surface area contributed by atoms with Gasteiger partial charge >= 0.3 is 5.97 Å². The van der Waals surface area contributed by atoms with E-state index < -0.39 is 5.97 Å². The molecule has 0 spiro atoms. The van der Waals surface area contributed by atoms with Crippen molar-refractivity contribution in [1.82, 2.24) is 0 Å². The van der Waals surface area contributed by atoms with E-state index in [1.165, 1.54) is 0 Å². The minimum Gasteiger partial charge on any atom is -0.481 e. The Bertz CT molecular complexity index is 407. The molecule has 0 amide bonds. The molecule has 0 heterocycles. The number of carbonyl (C=O) groups is 1. The zero-order valence-electron chi connectivity index (χ0n) is 7.87. The summed E-state index contributed by atoms with van der Waals surface area (Å²) in [4.78, 5) is 10.4. The molecule has 0 saturated carbocycles. The third kappa shape index (κ3) is 3.53. The monoisotopic (exact) mass is 224 g/mol. The van der Waals surface area contributed by atoms with E-state index in [-0.39, 0.29) is 13.0 Å². The van der Waals surface area contributed by atoms with Crippen LogP contribution >= 0.6 is 11.6 Å². The third-order valence-corrected chi connectivity index (χ3v) is 1.96. The summed E-state index contributed by atoms with van der Waals surface area (Å²) in [7, 11) is 0. The normalized spacial score (nSPS) is 9.33. The Morgan fingerprint density at radius 3 is 2.87 bits per heavy atom. The molecule has 3 nitrogen and oxygen atoms in total. The summed E-state index contributed by atoms with van der Waals surface area (Å²) in [6.45, 7) is 0.137. The van der Waals surface area contributed by atoms with Crippen LogP contribution in [0.1, 0.15) is 5.56 Å². The maximum Gasteiger partial charge on any atom is 0.307 e. The van der Waals surface area contributed by atoms with Crippen molar-refractivity contribution in [3.05, 3.63) is 28.8 Å². The Morgan fingerprint density at radius 1 is 1.60 bits per heavy atom. The van der Waals surface area contributed by atoms with E-state index in [0.717, 1.165) is 0 Å². The first-order chi connectivity index (χ1) is 7.13. The number of hydrogen-bond donors (Lipinski definition) is 1. The third-order valence-electron chi connectivity index (χ3n) is 1.66. The molecule has 0 radical (unpaired) electrons. The van der Waals surface area contributed by atoms with Gasteiger partial charge in [0, 0.05) is 0 Å². The van der Waals surface area contributed by atoms with Crippen LogP contribution < -0.4 is 4.74 Å². The second-order valence-corrected chi connectivity index (χ2v) is 3.24. The molecule has 1 N–H and O–H groups in total. The highest BCUT2D eigenvalue weighted by atomic mass is 35.5. The predicted molar refractivity (Wildman–Crippen MR) is 57.1 cm³/mol. The van der Waals surface area contributed by atoms with Gasteiger partial charge in [-0.3, -0.25) is 4.79 Å². The van der Waals surface area contributed by atoms with Crippen LogP contribution in [0.2, 0.25) is 5.02 Å². The van der Waals surface area contributed by atoms with Gasteiger partial charge in [-0.25, -0.2) is 0 Å². The summed E-state index contributed by atoms with van der Waals surface area (Å²) >= 11 is 5.86. The van der Waals surface area contributed by atoms with Crippen molar-refractivity contribution in [3.8, 4) is 18.1 Å².